The summed E-state index contributed by atoms with van der Waals surface area (Å²) in [7, 11) is 1.73. The third-order valence-corrected chi connectivity index (χ3v) is 5.25. The van der Waals surface area contributed by atoms with Gasteiger partial charge in [0.25, 0.3) is 5.91 Å². The summed E-state index contributed by atoms with van der Waals surface area (Å²) in [6.07, 6.45) is 4.96. The van der Waals surface area contributed by atoms with Crippen LogP contribution in [0.1, 0.15) is 35.4 Å². The average molecular weight is 385 g/mol. The van der Waals surface area contributed by atoms with Crippen LogP contribution in [0.2, 0.25) is 5.02 Å². The molecule has 1 aliphatic heterocycles. The average Bonchev–Trinajstić information content (AvgIpc) is 3.03. The van der Waals surface area contributed by atoms with E-state index < -0.39 is 0 Å². The molecule has 0 saturated carbocycles. The first-order chi connectivity index (χ1) is 13.1. The molecule has 1 aliphatic rings. The number of hydrogen-bond donors (Lipinski definition) is 0. The summed E-state index contributed by atoms with van der Waals surface area (Å²) < 4.78 is 5.81. The first-order valence-electron chi connectivity index (χ1n) is 9.09. The van der Waals surface area contributed by atoms with Crippen molar-refractivity contribution in [1.82, 2.24) is 9.97 Å². The monoisotopic (exact) mass is 384 g/mol. The van der Waals surface area contributed by atoms with Gasteiger partial charge in [0.2, 0.25) is 5.71 Å². The first-order valence-corrected chi connectivity index (χ1v) is 9.46. The zero-order chi connectivity index (χ0) is 19.0. The van der Waals surface area contributed by atoms with Gasteiger partial charge >= 0.3 is 0 Å². The number of aryl methyl sites for hydroxylation is 1. The summed E-state index contributed by atoms with van der Waals surface area (Å²) in [6, 6.07) is 7.22. The van der Waals surface area contributed by atoms with Gasteiger partial charge in [0, 0.05) is 30.8 Å². The highest BCUT2D eigenvalue weighted by Gasteiger charge is 2.28. The lowest BCUT2D eigenvalue weighted by molar-refractivity contribution is 0.0993. The number of piperidine rings is 1. The molecule has 1 fully saturated rings. The molecular weight excluding hydrogens is 364 g/mol. The quantitative estimate of drug-likeness (QED) is 0.667. The summed E-state index contributed by atoms with van der Waals surface area (Å²) in [6.45, 7) is 3.64. The van der Waals surface area contributed by atoms with Crippen molar-refractivity contribution in [2.24, 2.45) is 0 Å². The number of rotatable bonds is 3. The van der Waals surface area contributed by atoms with Gasteiger partial charge in [-0.2, -0.15) is 0 Å². The Balaban J connectivity index is 1.81. The number of furan rings is 1. The Hall–Kier alpha value is -2.60. The molecule has 140 valence electrons. The largest absolute Gasteiger partial charge is 0.442 e. The Labute approximate surface area is 162 Å². The van der Waals surface area contributed by atoms with Gasteiger partial charge in [-0.15, -0.1) is 0 Å². The molecule has 0 atom stereocenters. The SMILES string of the molecule is Cc1oc2ncnc(N3CCCCC3)c2c1C(=O)N(C)c1cccc(Cl)c1. The summed E-state index contributed by atoms with van der Waals surface area (Å²) in [5, 5.41) is 1.27. The Kier molecular flexibility index (Phi) is 4.74. The second-order valence-electron chi connectivity index (χ2n) is 6.80. The van der Waals surface area contributed by atoms with Crippen LogP contribution in [0, 0.1) is 6.92 Å². The van der Waals surface area contributed by atoms with Crippen molar-refractivity contribution < 1.29 is 9.21 Å². The van der Waals surface area contributed by atoms with Gasteiger partial charge in [-0.3, -0.25) is 4.79 Å². The molecule has 0 unspecified atom stereocenters. The van der Waals surface area contributed by atoms with Crippen molar-refractivity contribution in [3.63, 3.8) is 0 Å². The molecule has 3 aromatic rings. The molecule has 1 aromatic carbocycles. The standard InChI is InChI=1S/C20H21ClN4O2/c1-13-16(20(26)24(2)15-8-6-7-14(21)11-15)17-18(22-12-23-19(17)27-13)25-9-4-3-5-10-25/h6-8,11-12H,3-5,9-10H2,1-2H3. The van der Waals surface area contributed by atoms with Gasteiger partial charge in [-0.25, -0.2) is 9.97 Å². The van der Waals surface area contributed by atoms with Crippen LogP contribution in [0.3, 0.4) is 0 Å². The molecule has 2 aromatic heterocycles. The number of hydrogen-bond acceptors (Lipinski definition) is 5. The lowest BCUT2D eigenvalue weighted by atomic mass is 10.1. The summed E-state index contributed by atoms with van der Waals surface area (Å²) in [4.78, 5) is 25.9. The third-order valence-electron chi connectivity index (χ3n) is 5.01. The fraction of sp³-hybridized carbons (Fsp3) is 0.350. The lowest BCUT2D eigenvalue weighted by Gasteiger charge is -2.28. The highest BCUT2D eigenvalue weighted by molar-refractivity contribution is 6.31. The summed E-state index contributed by atoms with van der Waals surface area (Å²) >= 11 is 6.09. The molecule has 1 saturated heterocycles. The highest BCUT2D eigenvalue weighted by Crippen LogP contribution is 2.34. The van der Waals surface area contributed by atoms with Crippen molar-refractivity contribution in [3.8, 4) is 0 Å². The highest BCUT2D eigenvalue weighted by atomic mass is 35.5. The van der Waals surface area contributed by atoms with Gasteiger partial charge in [-0.05, 0) is 44.4 Å². The van der Waals surface area contributed by atoms with Gasteiger partial charge < -0.3 is 14.2 Å². The van der Waals surface area contributed by atoms with E-state index in [1.165, 1.54) is 12.7 Å². The minimum atomic E-state index is -0.165. The van der Waals surface area contributed by atoms with Crippen LogP contribution >= 0.6 is 11.6 Å². The van der Waals surface area contributed by atoms with Gasteiger partial charge in [0.05, 0.1) is 10.9 Å². The Morgan fingerprint density at radius 3 is 2.74 bits per heavy atom. The molecule has 4 rings (SSSR count). The van der Waals surface area contributed by atoms with Crippen molar-refractivity contribution in [3.05, 3.63) is 46.9 Å². The van der Waals surface area contributed by atoms with E-state index in [-0.39, 0.29) is 5.91 Å². The van der Waals surface area contributed by atoms with Crippen LogP contribution in [0.5, 0.6) is 0 Å². The van der Waals surface area contributed by atoms with Crippen molar-refractivity contribution >= 4 is 40.1 Å². The molecule has 1 amide bonds. The van der Waals surface area contributed by atoms with Crippen LogP contribution in [0.4, 0.5) is 11.5 Å². The van der Waals surface area contributed by atoms with Gasteiger partial charge in [0.1, 0.15) is 17.9 Å². The van der Waals surface area contributed by atoms with Crippen molar-refractivity contribution in [2.75, 3.05) is 29.9 Å². The normalized spacial score (nSPS) is 14.6. The van der Waals surface area contributed by atoms with E-state index in [4.69, 9.17) is 16.0 Å². The van der Waals surface area contributed by atoms with E-state index in [2.05, 4.69) is 14.9 Å². The molecule has 3 heterocycles. The number of anilines is 2. The molecular formula is C20H21ClN4O2. The second-order valence-corrected chi connectivity index (χ2v) is 7.24. The minimum absolute atomic E-state index is 0.165. The topological polar surface area (TPSA) is 62.5 Å². The van der Waals surface area contributed by atoms with E-state index in [0.717, 1.165) is 37.4 Å². The predicted octanol–water partition coefficient (Wildman–Crippen LogP) is 4.45. The van der Waals surface area contributed by atoms with E-state index >= 15 is 0 Å². The molecule has 0 bridgehead atoms. The molecule has 7 heteroatoms. The number of amides is 1. The predicted molar refractivity (Wildman–Crippen MR) is 107 cm³/mol. The maximum atomic E-state index is 13.3. The summed E-state index contributed by atoms with van der Waals surface area (Å²) in [5.41, 5.74) is 1.68. The molecule has 6 nitrogen and oxygen atoms in total. The Morgan fingerprint density at radius 1 is 1.22 bits per heavy atom. The minimum Gasteiger partial charge on any atom is -0.442 e. The number of carbonyl (C=O) groups excluding carboxylic acids is 1. The molecule has 0 aliphatic carbocycles. The molecule has 0 N–H and O–H groups in total. The number of carbonyl (C=O) groups is 1. The van der Waals surface area contributed by atoms with E-state index in [1.807, 2.05) is 12.1 Å². The van der Waals surface area contributed by atoms with E-state index in [9.17, 15) is 4.79 Å². The van der Waals surface area contributed by atoms with Crippen molar-refractivity contribution in [1.29, 1.82) is 0 Å². The van der Waals surface area contributed by atoms with Crippen molar-refractivity contribution in [2.45, 2.75) is 26.2 Å². The zero-order valence-corrected chi connectivity index (χ0v) is 16.2. The van der Waals surface area contributed by atoms with E-state index in [0.29, 0.717) is 27.4 Å². The third kappa shape index (κ3) is 3.25. The van der Waals surface area contributed by atoms with Gasteiger partial charge in [0.15, 0.2) is 0 Å². The van der Waals surface area contributed by atoms with Crippen LogP contribution in [0.25, 0.3) is 11.1 Å². The van der Waals surface area contributed by atoms with Gasteiger partial charge in [-0.1, -0.05) is 17.7 Å². The fourth-order valence-corrected chi connectivity index (χ4v) is 3.79. The van der Waals surface area contributed by atoms with E-state index in [1.54, 1.807) is 31.0 Å². The smallest absolute Gasteiger partial charge is 0.262 e. The van der Waals surface area contributed by atoms with Crippen LogP contribution in [-0.2, 0) is 0 Å². The maximum absolute atomic E-state index is 13.3. The lowest BCUT2D eigenvalue weighted by Crippen LogP contribution is -2.31. The number of fused-ring (bicyclic) bond motifs is 1. The van der Waals surface area contributed by atoms with Crippen LogP contribution in [0.15, 0.2) is 35.0 Å². The Morgan fingerprint density at radius 2 is 2.00 bits per heavy atom. The second kappa shape index (κ2) is 7.19. The number of benzene rings is 1. The fourth-order valence-electron chi connectivity index (χ4n) is 3.60. The first kappa shape index (κ1) is 17.8. The molecule has 27 heavy (non-hydrogen) atoms. The number of halogens is 1. The molecule has 0 spiro atoms. The number of nitrogens with zero attached hydrogens (tertiary/aromatic N) is 4. The number of aromatic nitrogens is 2. The molecule has 0 radical (unpaired) electrons. The van der Waals surface area contributed by atoms with Crippen LogP contribution < -0.4 is 9.80 Å². The van der Waals surface area contributed by atoms with Crippen LogP contribution in [-0.4, -0.2) is 36.0 Å². The zero-order valence-electron chi connectivity index (χ0n) is 15.4. The summed E-state index contributed by atoms with van der Waals surface area (Å²) in [5.74, 6) is 1.16. The maximum Gasteiger partial charge on any atom is 0.262 e. The Bertz CT molecular complexity index is 995.